The zero-order valence-corrected chi connectivity index (χ0v) is 11.9. The summed E-state index contributed by atoms with van der Waals surface area (Å²) in [7, 11) is 1.54. The number of carboxylic acids is 1. The number of urea groups is 1. The van der Waals surface area contributed by atoms with Gasteiger partial charge in [-0.25, -0.2) is 4.79 Å². The number of aryl methyl sites for hydroxylation is 1. The number of benzene rings is 1. The predicted molar refractivity (Wildman–Crippen MR) is 74.6 cm³/mol. The summed E-state index contributed by atoms with van der Waals surface area (Å²) in [6, 6.07) is 4.94. The Morgan fingerprint density at radius 1 is 1.47 bits per heavy atom. The monoisotopic (exact) mass is 284 g/mol. The van der Waals surface area contributed by atoms with Gasteiger partial charge >= 0.3 is 12.0 Å². The van der Waals surface area contributed by atoms with Crippen molar-refractivity contribution in [3.8, 4) is 0 Å². The van der Waals surface area contributed by atoms with Gasteiger partial charge in [0, 0.05) is 13.6 Å². The van der Waals surface area contributed by atoms with Crippen LogP contribution in [0.4, 0.5) is 10.5 Å². The minimum atomic E-state index is -0.937. The van der Waals surface area contributed by atoms with Gasteiger partial charge in [-0.3, -0.25) is 4.79 Å². The maximum atomic E-state index is 11.9. The molecule has 1 rings (SSSR count). The van der Waals surface area contributed by atoms with Gasteiger partial charge in [0.25, 0.3) is 0 Å². The average molecular weight is 285 g/mol. The fourth-order valence-electron chi connectivity index (χ4n) is 1.53. The number of hydrogen-bond donors (Lipinski definition) is 2. The number of aliphatic carboxylic acids is 1. The van der Waals surface area contributed by atoms with Crippen molar-refractivity contribution in [2.75, 3.05) is 18.9 Å². The summed E-state index contributed by atoms with van der Waals surface area (Å²) in [6.45, 7) is 3.52. The lowest BCUT2D eigenvalue weighted by atomic mass is 10.2. The number of nitrogens with one attached hydrogen (secondary N) is 1. The van der Waals surface area contributed by atoms with Gasteiger partial charge < -0.3 is 15.3 Å². The van der Waals surface area contributed by atoms with Crippen LogP contribution < -0.4 is 5.32 Å². The second kappa shape index (κ2) is 6.43. The summed E-state index contributed by atoms with van der Waals surface area (Å²) in [5.74, 6) is -1.56. The molecule has 0 bridgehead atoms. The molecule has 0 spiro atoms. The molecular formula is C13H17ClN2O3. The van der Waals surface area contributed by atoms with Gasteiger partial charge in [-0.1, -0.05) is 30.7 Å². The van der Waals surface area contributed by atoms with E-state index in [1.54, 1.807) is 26.1 Å². The summed E-state index contributed by atoms with van der Waals surface area (Å²) in [5.41, 5.74) is 1.38. The first-order chi connectivity index (χ1) is 8.82. The molecular weight excluding hydrogens is 268 g/mol. The Labute approximate surface area is 117 Å². The number of rotatable bonds is 4. The summed E-state index contributed by atoms with van der Waals surface area (Å²) < 4.78 is 0. The molecule has 104 valence electrons. The molecule has 2 N–H and O–H groups in total. The first-order valence-electron chi connectivity index (χ1n) is 5.83. The minimum Gasteiger partial charge on any atom is -0.481 e. The first-order valence-corrected chi connectivity index (χ1v) is 6.20. The van der Waals surface area contributed by atoms with Crippen molar-refractivity contribution in [2.24, 2.45) is 5.92 Å². The van der Waals surface area contributed by atoms with Crippen molar-refractivity contribution in [1.29, 1.82) is 0 Å². The zero-order chi connectivity index (χ0) is 14.6. The van der Waals surface area contributed by atoms with E-state index in [0.29, 0.717) is 10.7 Å². The number of nitrogens with zero attached hydrogens (tertiary/aromatic N) is 1. The number of halogens is 1. The van der Waals surface area contributed by atoms with Crippen LogP contribution in [0.3, 0.4) is 0 Å². The maximum Gasteiger partial charge on any atom is 0.321 e. The average Bonchev–Trinajstić information content (AvgIpc) is 2.34. The van der Waals surface area contributed by atoms with Crippen LogP contribution in [0.1, 0.15) is 12.5 Å². The van der Waals surface area contributed by atoms with Gasteiger partial charge in [-0.15, -0.1) is 0 Å². The molecule has 0 aromatic heterocycles. The van der Waals surface area contributed by atoms with E-state index in [9.17, 15) is 9.59 Å². The molecule has 19 heavy (non-hydrogen) atoms. The molecule has 0 aliphatic rings. The Hall–Kier alpha value is -1.75. The lowest BCUT2D eigenvalue weighted by Gasteiger charge is -2.20. The Kier molecular flexibility index (Phi) is 5.18. The van der Waals surface area contributed by atoms with Gasteiger partial charge in [0.1, 0.15) is 0 Å². The molecule has 1 aromatic rings. The SMILES string of the molecule is Cc1cccc(NC(=O)N(C)CC(C)C(=O)O)c1Cl. The zero-order valence-electron chi connectivity index (χ0n) is 11.1. The molecule has 5 nitrogen and oxygen atoms in total. The van der Waals surface area contributed by atoms with E-state index in [1.165, 1.54) is 4.90 Å². The van der Waals surface area contributed by atoms with Crippen LogP contribution in [-0.2, 0) is 4.79 Å². The third-order valence-electron chi connectivity index (χ3n) is 2.75. The van der Waals surface area contributed by atoms with Crippen LogP contribution >= 0.6 is 11.6 Å². The Balaban J connectivity index is 2.69. The Bertz CT molecular complexity index is 491. The summed E-state index contributed by atoms with van der Waals surface area (Å²) >= 11 is 6.07. The maximum absolute atomic E-state index is 11.9. The van der Waals surface area contributed by atoms with E-state index in [1.807, 2.05) is 13.0 Å². The number of anilines is 1. The van der Waals surface area contributed by atoms with Gasteiger partial charge in [0.15, 0.2) is 0 Å². The van der Waals surface area contributed by atoms with Crippen LogP contribution in [0.25, 0.3) is 0 Å². The normalized spacial score (nSPS) is 11.8. The van der Waals surface area contributed by atoms with Gasteiger partial charge in [0.05, 0.1) is 16.6 Å². The number of carbonyl (C=O) groups is 2. The van der Waals surface area contributed by atoms with Crippen LogP contribution in [0, 0.1) is 12.8 Å². The summed E-state index contributed by atoms with van der Waals surface area (Å²) in [4.78, 5) is 23.9. The number of carboxylic acid groups (broad SMARTS) is 1. The highest BCUT2D eigenvalue weighted by molar-refractivity contribution is 6.34. The van der Waals surface area contributed by atoms with E-state index in [4.69, 9.17) is 16.7 Å². The fourth-order valence-corrected chi connectivity index (χ4v) is 1.70. The molecule has 6 heteroatoms. The van der Waals surface area contributed by atoms with Crippen molar-refractivity contribution in [2.45, 2.75) is 13.8 Å². The predicted octanol–water partition coefficient (Wildman–Crippen LogP) is 2.83. The van der Waals surface area contributed by atoms with Crippen LogP contribution in [0.5, 0.6) is 0 Å². The van der Waals surface area contributed by atoms with Gasteiger partial charge in [-0.05, 0) is 18.6 Å². The standard InChI is InChI=1S/C13H17ClN2O3/c1-8-5-4-6-10(11(8)14)15-13(19)16(3)7-9(2)12(17)18/h4-6,9H,7H2,1-3H3,(H,15,19)(H,17,18). The molecule has 0 fully saturated rings. The summed E-state index contributed by atoms with van der Waals surface area (Å²) in [5, 5.41) is 11.9. The third kappa shape index (κ3) is 4.13. The van der Waals surface area contributed by atoms with Crippen LogP contribution in [0.2, 0.25) is 5.02 Å². The molecule has 1 unspecified atom stereocenters. The van der Waals surface area contributed by atoms with Crippen molar-refractivity contribution in [1.82, 2.24) is 4.90 Å². The second-order valence-electron chi connectivity index (χ2n) is 4.49. The van der Waals surface area contributed by atoms with Crippen molar-refractivity contribution in [3.05, 3.63) is 28.8 Å². The topological polar surface area (TPSA) is 69.6 Å². The minimum absolute atomic E-state index is 0.130. The molecule has 0 saturated carbocycles. The fraction of sp³-hybridized carbons (Fsp3) is 0.385. The van der Waals surface area contributed by atoms with Crippen molar-refractivity contribution < 1.29 is 14.7 Å². The van der Waals surface area contributed by atoms with E-state index in [-0.39, 0.29) is 12.6 Å². The molecule has 1 aromatic carbocycles. The van der Waals surface area contributed by atoms with Crippen molar-refractivity contribution in [3.63, 3.8) is 0 Å². The highest BCUT2D eigenvalue weighted by Crippen LogP contribution is 2.25. The molecule has 0 radical (unpaired) electrons. The molecule has 0 aliphatic heterocycles. The highest BCUT2D eigenvalue weighted by Gasteiger charge is 2.18. The summed E-state index contributed by atoms with van der Waals surface area (Å²) in [6.07, 6.45) is 0. The van der Waals surface area contributed by atoms with Gasteiger partial charge in [-0.2, -0.15) is 0 Å². The smallest absolute Gasteiger partial charge is 0.321 e. The van der Waals surface area contributed by atoms with Crippen molar-refractivity contribution >= 4 is 29.3 Å². The number of carbonyl (C=O) groups excluding carboxylic acids is 1. The lowest BCUT2D eigenvalue weighted by Crippen LogP contribution is -2.36. The van der Waals surface area contributed by atoms with Crippen LogP contribution in [-0.4, -0.2) is 35.6 Å². The van der Waals surface area contributed by atoms with Crippen LogP contribution in [0.15, 0.2) is 18.2 Å². The molecule has 0 aliphatic carbocycles. The largest absolute Gasteiger partial charge is 0.481 e. The highest BCUT2D eigenvalue weighted by atomic mass is 35.5. The van der Waals surface area contributed by atoms with E-state index < -0.39 is 11.9 Å². The second-order valence-corrected chi connectivity index (χ2v) is 4.86. The van der Waals surface area contributed by atoms with E-state index in [0.717, 1.165) is 5.56 Å². The number of amides is 2. The molecule has 1 atom stereocenters. The molecule has 2 amide bonds. The Morgan fingerprint density at radius 2 is 2.11 bits per heavy atom. The first kappa shape index (κ1) is 15.3. The number of hydrogen-bond acceptors (Lipinski definition) is 2. The quantitative estimate of drug-likeness (QED) is 0.893. The molecule has 0 heterocycles. The van der Waals surface area contributed by atoms with E-state index in [2.05, 4.69) is 5.32 Å². The lowest BCUT2D eigenvalue weighted by molar-refractivity contribution is -0.141. The molecule has 0 saturated heterocycles. The van der Waals surface area contributed by atoms with Gasteiger partial charge in [0.2, 0.25) is 0 Å². The Morgan fingerprint density at radius 3 is 2.68 bits per heavy atom. The third-order valence-corrected chi connectivity index (χ3v) is 3.25. The van der Waals surface area contributed by atoms with E-state index >= 15 is 0 Å².